The zero-order chi connectivity index (χ0) is 16.1. The monoisotopic (exact) mass is 332 g/mol. The van der Waals surface area contributed by atoms with Gasteiger partial charge in [0.25, 0.3) is 0 Å². The lowest BCUT2D eigenvalue weighted by atomic mass is 10.2. The van der Waals surface area contributed by atoms with E-state index in [2.05, 4.69) is 22.3 Å². The Labute approximate surface area is 121 Å². The molecule has 10 heteroatoms. The zero-order valence-electron chi connectivity index (χ0n) is 10.3. The number of rotatable bonds is 4. The fourth-order valence-electron chi connectivity index (χ4n) is 1.23. The van der Waals surface area contributed by atoms with E-state index in [0.717, 1.165) is 12.1 Å². The third kappa shape index (κ3) is 8.23. The van der Waals surface area contributed by atoms with E-state index < -0.39 is 19.1 Å². The van der Waals surface area contributed by atoms with Gasteiger partial charge in [0.15, 0.2) is 5.11 Å². The summed E-state index contributed by atoms with van der Waals surface area (Å²) >= 11 is 4.62. The standard InChI is InChI=1S/C11H10F6N2OS/c12-10(13,14)6-19-9(21)18-5-7-1-3-8(4-2-7)20-11(15,16)17/h1-4H,5-6H2,(H2,18,19,21). The van der Waals surface area contributed by atoms with E-state index in [1.54, 1.807) is 0 Å². The highest BCUT2D eigenvalue weighted by molar-refractivity contribution is 7.80. The van der Waals surface area contributed by atoms with Crippen molar-refractivity contribution in [2.24, 2.45) is 0 Å². The third-order valence-electron chi connectivity index (χ3n) is 2.06. The molecule has 0 aromatic heterocycles. The lowest BCUT2D eigenvalue weighted by molar-refractivity contribution is -0.274. The van der Waals surface area contributed by atoms with Gasteiger partial charge in [0, 0.05) is 6.54 Å². The Hall–Kier alpha value is -1.71. The van der Waals surface area contributed by atoms with Crippen LogP contribution in [0.15, 0.2) is 24.3 Å². The van der Waals surface area contributed by atoms with Crippen LogP contribution < -0.4 is 15.4 Å². The second-order valence-electron chi connectivity index (χ2n) is 3.84. The van der Waals surface area contributed by atoms with Crippen molar-refractivity contribution in [3.8, 4) is 5.75 Å². The minimum atomic E-state index is -4.77. The Bertz CT molecular complexity index is 471. The maximum Gasteiger partial charge on any atom is 0.573 e. The molecule has 0 radical (unpaired) electrons. The topological polar surface area (TPSA) is 33.3 Å². The molecule has 1 aromatic rings. The van der Waals surface area contributed by atoms with Gasteiger partial charge in [-0.3, -0.25) is 0 Å². The molecule has 0 heterocycles. The highest BCUT2D eigenvalue weighted by Gasteiger charge is 2.31. The van der Waals surface area contributed by atoms with Gasteiger partial charge in [-0.15, -0.1) is 13.2 Å². The molecular formula is C11H10F6N2OS. The predicted octanol–water partition coefficient (Wildman–Crippen LogP) is 3.11. The molecule has 0 amide bonds. The number of ether oxygens (including phenoxy) is 1. The second-order valence-corrected chi connectivity index (χ2v) is 4.25. The van der Waals surface area contributed by atoms with Crippen molar-refractivity contribution in [3.63, 3.8) is 0 Å². The summed E-state index contributed by atoms with van der Waals surface area (Å²) in [6, 6.07) is 4.86. The molecule has 1 rings (SSSR count). The molecule has 0 aliphatic carbocycles. The molecule has 0 aliphatic rings. The fourth-order valence-corrected chi connectivity index (χ4v) is 1.38. The Balaban J connectivity index is 2.41. The Morgan fingerprint density at radius 2 is 1.57 bits per heavy atom. The van der Waals surface area contributed by atoms with Crippen molar-refractivity contribution < 1.29 is 31.1 Å². The highest BCUT2D eigenvalue weighted by atomic mass is 32.1. The first-order valence-electron chi connectivity index (χ1n) is 5.48. The first kappa shape index (κ1) is 17.3. The molecule has 0 saturated carbocycles. The van der Waals surface area contributed by atoms with Gasteiger partial charge in [-0.2, -0.15) is 13.2 Å². The molecule has 0 aliphatic heterocycles. The maximum atomic E-state index is 11.9. The Morgan fingerprint density at radius 1 is 1.00 bits per heavy atom. The van der Waals surface area contributed by atoms with E-state index in [1.165, 1.54) is 12.1 Å². The smallest absolute Gasteiger partial charge is 0.406 e. The number of nitrogens with one attached hydrogen (secondary N) is 2. The van der Waals surface area contributed by atoms with Gasteiger partial charge < -0.3 is 15.4 Å². The molecule has 0 saturated heterocycles. The highest BCUT2D eigenvalue weighted by Crippen LogP contribution is 2.22. The van der Waals surface area contributed by atoms with E-state index in [-0.39, 0.29) is 17.4 Å². The lowest BCUT2D eigenvalue weighted by Crippen LogP contribution is -2.40. The molecule has 0 spiro atoms. The number of benzene rings is 1. The van der Waals surface area contributed by atoms with Crippen LogP contribution in [0.1, 0.15) is 5.56 Å². The molecular weight excluding hydrogens is 322 g/mol. The lowest BCUT2D eigenvalue weighted by Gasteiger charge is -2.13. The maximum absolute atomic E-state index is 11.9. The van der Waals surface area contributed by atoms with Crippen molar-refractivity contribution in [2.45, 2.75) is 19.1 Å². The molecule has 0 fully saturated rings. The van der Waals surface area contributed by atoms with E-state index in [9.17, 15) is 26.3 Å². The summed E-state index contributed by atoms with van der Waals surface area (Å²) < 4.78 is 75.2. The minimum absolute atomic E-state index is 0.0655. The van der Waals surface area contributed by atoms with Crippen LogP contribution in [-0.4, -0.2) is 24.2 Å². The number of hydrogen-bond acceptors (Lipinski definition) is 2. The van der Waals surface area contributed by atoms with Crippen molar-refractivity contribution in [2.75, 3.05) is 6.54 Å². The summed E-state index contributed by atoms with van der Waals surface area (Å²) in [4.78, 5) is 0. The van der Waals surface area contributed by atoms with Crippen LogP contribution in [0.5, 0.6) is 5.75 Å². The molecule has 118 valence electrons. The number of halogens is 6. The minimum Gasteiger partial charge on any atom is -0.406 e. The van der Waals surface area contributed by atoms with Crippen LogP contribution in [0.4, 0.5) is 26.3 Å². The largest absolute Gasteiger partial charge is 0.573 e. The van der Waals surface area contributed by atoms with Gasteiger partial charge in [-0.1, -0.05) is 12.1 Å². The van der Waals surface area contributed by atoms with Crippen LogP contribution in [0.2, 0.25) is 0 Å². The molecule has 0 bridgehead atoms. The summed E-state index contributed by atoms with van der Waals surface area (Å²) in [6.07, 6.45) is -9.16. The van der Waals surface area contributed by atoms with Crippen LogP contribution in [0.25, 0.3) is 0 Å². The van der Waals surface area contributed by atoms with Gasteiger partial charge in [0.1, 0.15) is 12.3 Å². The average molecular weight is 332 g/mol. The third-order valence-corrected chi connectivity index (χ3v) is 2.35. The molecule has 1 aromatic carbocycles. The summed E-state index contributed by atoms with van der Waals surface area (Å²) in [5, 5.41) is 4.25. The fraction of sp³-hybridized carbons (Fsp3) is 0.364. The van der Waals surface area contributed by atoms with Crippen LogP contribution in [0.3, 0.4) is 0 Å². The van der Waals surface area contributed by atoms with Gasteiger partial charge in [0.05, 0.1) is 0 Å². The quantitative estimate of drug-likeness (QED) is 0.656. The zero-order valence-corrected chi connectivity index (χ0v) is 11.1. The van der Waals surface area contributed by atoms with Crippen LogP contribution in [-0.2, 0) is 6.54 Å². The summed E-state index contributed by atoms with van der Waals surface area (Å²) in [7, 11) is 0. The van der Waals surface area contributed by atoms with E-state index in [4.69, 9.17) is 0 Å². The first-order valence-corrected chi connectivity index (χ1v) is 5.89. The molecule has 0 unspecified atom stereocenters. The van der Waals surface area contributed by atoms with Crippen LogP contribution >= 0.6 is 12.2 Å². The van der Waals surface area contributed by atoms with Gasteiger partial charge >= 0.3 is 12.5 Å². The number of hydrogen-bond donors (Lipinski definition) is 2. The van der Waals surface area contributed by atoms with Gasteiger partial charge in [-0.25, -0.2) is 0 Å². The average Bonchev–Trinajstić information content (AvgIpc) is 2.33. The first-order chi connectivity index (χ1) is 9.55. The Morgan fingerprint density at radius 3 is 2.05 bits per heavy atom. The van der Waals surface area contributed by atoms with E-state index in [0.29, 0.717) is 5.56 Å². The molecule has 21 heavy (non-hydrogen) atoms. The predicted molar refractivity (Wildman–Crippen MR) is 66.6 cm³/mol. The summed E-state index contributed by atoms with van der Waals surface area (Å²) in [5.41, 5.74) is 0.528. The second kappa shape index (κ2) is 6.83. The molecule has 2 N–H and O–H groups in total. The van der Waals surface area contributed by atoms with Crippen molar-refractivity contribution in [1.82, 2.24) is 10.6 Å². The SMILES string of the molecule is FC(F)(F)CNC(=S)NCc1ccc(OC(F)(F)F)cc1. The number of thiocarbonyl (C=S) groups is 1. The molecule has 0 atom stereocenters. The van der Waals surface area contributed by atoms with E-state index >= 15 is 0 Å². The number of alkyl halides is 6. The van der Waals surface area contributed by atoms with Crippen molar-refractivity contribution in [1.29, 1.82) is 0 Å². The summed E-state index contributed by atoms with van der Waals surface area (Å²) in [5.74, 6) is -0.385. The van der Waals surface area contributed by atoms with Gasteiger partial charge in [-0.05, 0) is 29.9 Å². The summed E-state index contributed by atoms with van der Waals surface area (Å²) in [6.45, 7) is -1.20. The molecule has 3 nitrogen and oxygen atoms in total. The van der Waals surface area contributed by atoms with Gasteiger partial charge in [0.2, 0.25) is 0 Å². The van der Waals surface area contributed by atoms with Crippen molar-refractivity contribution >= 4 is 17.3 Å². The normalized spacial score (nSPS) is 11.9. The Kier molecular flexibility index (Phi) is 5.64. The van der Waals surface area contributed by atoms with E-state index in [1.807, 2.05) is 5.32 Å². The van der Waals surface area contributed by atoms with Crippen LogP contribution in [0, 0.1) is 0 Å². The van der Waals surface area contributed by atoms with Crippen molar-refractivity contribution in [3.05, 3.63) is 29.8 Å².